The van der Waals surface area contributed by atoms with E-state index in [0.717, 1.165) is 25.1 Å². The number of hydrogen-bond acceptors (Lipinski definition) is 1. The van der Waals surface area contributed by atoms with Gasteiger partial charge in [-0.3, -0.25) is 0 Å². The van der Waals surface area contributed by atoms with Gasteiger partial charge < -0.3 is 5.32 Å². The van der Waals surface area contributed by atoms with Crippen LogP contribution in [-0.2, 0) is 0 Å². The summed E-state index contributed by atoms with van der Waals surface area (Å²) in [6, 6.07) is 13.8. The van der Waals surface area contributed by atoms with Gasteiger partial charge in [-0.05, 0) is 55.9 Å². The van der Waals surface area contributed by atoms with Crippen LogP contribution in [0.2, 0.25) is 0 Å². The third-order valence-corrected chi connectivity index (χ3v) is 6.00. The Labute approximate surface area is 176 Å². The highest BCUT2D eigenvalue weighted by atomic mass is 15.1. The molecule has 0 radical (unpaired) electrons. The molecule has 0 amide bonds. The van der Waals surface area contributed by atoms with Gasteiger partial charge in [0, 0.05) is 24.2 Å². The average Bonchev–Trinajstić information content (AvgIpc) is 2.71. The molecule has 1 aliphatic rings. The van der Waals surface area contributed by atoms with E-state index in [2.05, 4.69) is 99.4 Å². The summed E-state index contributed by atoms with van der Waals surface area (Å²) in [5.41, 5.74) is 7.96. The quantitative estimate of drug-likeness (QED) is 0.407. The van der Waals surface area contributed by atoms with E-state index in [1.807, 2.05) is 6.08 Å². The van der Waals surface area contributed by atoms with Crippen molar-refractivity contribution >= 4 is 0 Å². The van der Waals surface area contributed by atoms with Crippen molar-refractivity contribution in [2.75, 3.05) is 6.54 Å². The average molecular weight is 388 g/mol. The summed E-state index contributed by atoms with van der Waals surface area (Å²) in [6.07, 6.45) is 8.37. The normalized spacial score (nSPS) is 18.2. The SMILES string of the molecule is C=C/C=C(\C)CCC1c2cc(C(C)C)ccc2-c2cccc[n+]2C1C(=C)NCC. The van der Waals surface area contributed by atoms with Gasteiger partial charge in [-0.25, -0.2) is 0 Å². The first kappa shape index (κ1) is 21.1. The van der Waals surface area contributed by atoms with Gasteiger partial charge in [0.2, 0.25) is 11.7 Å². The lowest BCUT2D eigenvalue weighted by Gasteiger charge is -2.32. The molecule has 0 spiro atoms. The minimum absolute atomic E-state index is 0.206. The van der Waals surface area contributed by atoms with Crippen molar-refractivity contribution in [1.82, 2.24) is 5.32 Å². The highest BCUT2D eigenvalue weighted by Crippen LogP contribution is 2.44. The Balaban J connectivity index is 2.15. The standard InChI is InChI=1S/C27H35N2/c1-7-11-20(5)13-15-24-25-18-22(19(3)4)14-16-23(25)26-12-9-10-17-29(26)27(24)21(6)28-8-2/h7,9-12,14,16-19,24,27-28H,1,6,8,13,15H2,2-5H3/q+1/b20-11+. The monoisotopic (exact) mass is 387 g/mol. The molecule has 2 heterocycles. The van der Waals surface area contributed by atoms with Crippen molar-refractivity contribution < 1.29 is 4.57 Å². The largest absolute Gasteiger partial charge is 0.384 e. The molecule has 2 nitrogen and oxygen atoms in total. The molecule has 2 heteroatoms. The van der Waals surface area contributed by atoms with Crippen molar-refractivity contribution in [2.45, 2.75) is 58.4 Å². The number of benzene rings is 1. The van der Waals surface area contributed by atoms with E-state index >= 15 is 0 Å². The van der Waals surface area contributed by atoms with Crippen LogP contribution in [0, 0.1) is 0 Å². The van der Waals surface area contributed by atoms with Crippen LogP contribution in [0.1, 0.15) is 69.5 Å². The zero-order chi connectivity index (χ0) is 21.0. The van der Waals surface area contributed by atoms with Crippen molar-refractivity contribution in [3.05, 3.63) is 90.3 Å². The molecule has 0 saturated carbocycles. The molecule has 0 fully saturated rings. The molecular formula is C27H35N2+. The summed E-state index contributed by atoms with van der Waals surface area (Å²) >= 11 is 0. The lowest BCUT2D eigenvalue weighted by molar-refractivity contribution is -0.710. The maximum atomic E-state index is 4.45. The van der Waals surface area contributed by atoms with E-state index in [4.69, 9.17) is 0 Å². The van der Waals surface area contributed by atoms with Gasteiger partial charge in [0.05, 0.1) is 11.6 Å². The van der Waals surface area contributed by atoms with Crippen LogP contribution in [0.25, 0.3) is 11.3 Å². The van der Waals surface area contributed by atoms with E-state index < -0.39 is 0 Å². The fourth-order valence-corrected chi connectivity index (χ4v) is 4.49. The Hall–Kier alpha value is -2.61. The molecule has 1 aromatic heterocycles. The van der Waals surface area contributed by atoms with Crippen LogP contribution < -0.4 is 9.88 Å². The molecule has 2 unspecified atom stereocenters. The Kier molecular flexibility index (Phi) is 6.74. The Morgan fingerprint density at radius 3 is 2.72 bits per heavy atom. The summed E-state index contributed by atoms with van der Waals surface area (Å²) < 4.78 is 2.42. The Bertz CT molecular complexity index is 920. The predicted molar refractivity (Wildman–Crippen MR) is 124 cm³/mol. The number of nitrogens with zero attached hydrogens (tertiary/aromatic N) is 1. The summed E-state index contributed by atoms with van der Waals surface area (Å²) in [4.78, 5) is 0. The summed E-state index contributed by atoms with van der Waals surface area (Å²) in [6.45, 7) is 18.1. The number of rotatable bonds is 8. The fourth-order valence-electron chi connectivity index (χ4n) is 4.49. The third-order valence-electron chi connectivity index (χ3n) is 6.00. The number of fused-ring (bicyclic) bond motifs is 3. The van der Waals surface area contributed by atoms with Gasteiger partial charge in [0.1, 0.15) is 0 Å². The van der Waals surface area contributed by atoms with Crippen molar-refractivity contribution in [2.24, 2.45) is 0 Å². The number of pyridine rings is 1. The molecular weight excluding hydrogens is 352 g/mol. The number of hydrogen-bond donors (Lipinski definition) is 1. The molecule has 1 aromatic carbocycles. The molecule has 1 N–H and O–H groups in total. The molecule has 0 aliphatic carbocycles. The van der Waals surface area contributed by atoms with E-state index in [-0.39, 0.29) is 6.04 Å². The van der Waals surface area contributed by atoms with Crippen LogP contribution >= 0.6 is 0 Å². The van der Waals surface area contributed by atoms with E-state index in [1.165, 1.54) is 28.0 Å². The molecule has 2 atom stereocenters. The van der Waals surface area contributed by atoms with Crippen molar-refractivity contribution in [3.63, 3.8) is 0 Å². The summed E-state index contributed by atoms with van der Waals surface area (Å²) in [5, 5.41) is 3.52. The van der Waals surface area contributed by atoms with Crippen molar-refractivity contribution in [3.8, 4) is 11.3 Å². The second-order valence-electron chi connectivity index (χ2n) is 8.39. The lowest BCUT2D eigenvalue weighted by Crippen LogP contribution is -2.50. The lowest BCUT2D eigenvalue weighted by atomic mass is 9.77. The van der Waals surface area contributed by atoms with Crippen molar-refractivity contribution in [1.29, 1.82) is 0 Å². The van der Waals surface area contributed by atoms with Crippen LogP contribution in [0.5, 0.6) is 0 Å². The molecule has 2 aromatic rings. The van der Waals surface area contributed by atoms with E-state index in [9.17, 15) is 0 Å². The molecule has 0 saturated heterocycles. The Morgan fingerprint density at radius 1 is 1.24 bits per heavy atom. The van der Waals surface area contributed by atoms with Gasteiger partial charge in [-0.1, -0.05) is 56.9 Å². The zero-order valence-electron chi connectivity index (χ0n) is 18.4. The second kappa shape index (κ2) is 9.26. The first-order valence-corrected chi connectivity index (χ1v) is 10.8. The van der Waals surface area contributed by atoms with Crippen LogP contribution in [-0.4, -0.2) is 6.54 Å². The number of likely N-dealkylation sites (N-methyl/N-ethyl adjacent to an activating group) is 1. The fraction of sp³-hybridized carbons (Fsp3) is 0.370. The van der Waals surface area contributed by atoms with Gasteiger partial charge >= 0.3 is 0 Å². The maximum Gasteiger partial charge on any atom is 0.213 e. The summed E-state index contributed by atoms with van der Waals surface area (Å²) in [7, 11) is 0. The van der Waals surface area contributed by atoms with E-state index in [0.29, 0.717) is 11.8 Å². The first-order valence-electron chi connectivity index (χ1n) is 10.8. The van der Waals surface area contributed by atoms with Crippen LogP contribution in [0.4, 0.5) is 0 Å². The maximum absolute atomic E-state index is 4.45. The van der Waals surface area contributed by atoms with E-state index in [1.54, 1.807) is 0 Å². The summed E-state index contributed by atoms with van der Waals surface area (Å²) in [5.74, 6) is 0.895. The Morgan fingerprint density at radius 2 is 2.03 bits per heavy atom. The molecule has 3 rings (SSSR count). The molecule has 29 heavy (non-hydrogen) atoms. The number of aromatic nitrogens is 1. The zero-order valence-corrected chi connectivity index (χ0v) is 18.4. The van der Waals surface area contributed by atoms with Gasteiger partial charge in [-0.2, -0.15) is 4.57 Å². The highest BCUT2D eigenvalue weighted by Gasteiger charge is 2.41. The molecule has 1 aliphatic heterocycles. The first-order chi connectivity index (χ1) is 14.0. The number of nitrogens with one attached hydrogen (secondary N) is 1. The number of allylic oxidation sites excluding steroid dienone is 4. The second-order valence-corrected chi connectivity index (χ2v) is 8.39. The molecule has 152 valence electrons. The predicted octanol–water partition coefficient (Wildman–Crippen LogP) is 6.44. The molecule has 0 bridgehead atoms. The third kappa shape index (κ3) is 4.37. The van der Waals surface area contributed by atoms with Gasteiger partial charge in [-0.15, -0.1) is 0 Å². The minimum Gasteiger partial charge on any atom is -0.384 e. The van der Waals surface area contributed by atoms with Gasteiger partial charge in [0.15, 0.2) is 6.20 Å². The van der Waals surface area contributed by atoms with Crippen LogP contribution in [0.15, 0.2) is 79.2 Å². The topological polar surface area (TPSA) is 15.9 Å². The highest BCUT2D eigenvalue weighted by molar-refractivity contribution is 5.65. The minimum atomic E-state index is 0.206. The smallest absolute Gasteiger partial charge is 0.213 e. The van der Waals surface area contributed by atoms with Gasteiger partial charge in [0.25, 0.3) is 0 Å². The van der Waals surface area contributed by atoms with Crippen LogP contribution in [0.3, 0.4) is 0 Å².